The lowest BCUT2D eigenvalue weighted by Crippen LogP contribution is -2.42. The molecule has 1 unspecified atom stereocenters. The molecule has 5 heteroatoms. The van der Waals surface area contributed by atoms with Crippen LogP contribution in [0.25, 0.3) is 0 Å². The third-order valence-electron chi connectivity index (χ3n) is 6.16. The van der Waals surface area contributed by atoms with Crippen molar-refractivity contribution in [1.29, 1.82) is 0 Å². The first kappa shape index (κ1) is 18.4. The fourth-order valence-electron chi connectivity index (χ4n) is 4.66. The lowest BCUT2D eigenvalue weighted by Gasteiger charge is -2.34. The van der Waals surface area contributed by atoms with E-state index in [9.17, 15) is 9.59 Å². The number of carbonyl (C=O) groups excluding carboxylic acids is 2. The highest BCUT2D eigenvalue weighted by molar-refractivity contribution is 6.07. The Labute approximate surface area is 151 Å². The van der Waals surface area contributed by atoms with E-state index in [4.69, 9.17) is 4.74 Å². The largest absolute Gasteiger partial charge is 0.451 e. The van der Waals surface area contributed by atoms with E-state index in [1.807, 2.05) is 0 Å². The minimum Gasteiger partial charge on any atom is -0.451 e. The molecule has 0 aromatic rings. The Hall–Kier alpha value is -1.36. The van der Waals surface area contributed by atoms with Gasteiger partial charge in [-0.25, -0.2) is 4.79 Å². The third kappa shape index (κ3) is 3.91. The van der Waals surface area contributed by atoms with Gasteiger partial charge in [0, 0.05) is 24.7 Å². The molecule has 1 amide bonds. The van der Waals surface area contributed by atoms with Gasteiger partial charge in [-0.15, -0.1) is 0 Å². The normalized spacial score (nSPS) is 26.8. The summed E-state index contributed by atoms with van der Waals surface area (Å²) in [5.41, 5.74) is 0.456. The predicted octanol–water partition coefficient (Wildman–Crippen LogP) is 2.94. The molecular formula is C20H32N2O3. The molecule has 0 bridgehead atoms. The molecular weight excluding hydrogens is 316 g/mol. The summed E-state index contributed by atoms with van der Waals surface area (Å²) in [7, 11) is 0. The van der Waals surface area contributed by atoms with Crippen molar-refractivity contribution in [2.24, 2.45) is 0 Å². The summed E-state index contributed by atoms with van der Waals surface area (Å²) in [6.07, 6.45) is 9.59. The zero-order valence-corrected chi connectivity index (χ0v) is 15.7. The molecule has 3 aliphatic rings. The third-order valence-corrected chi connectivity index (χ3v) is 6.16. The highest BCUT2D eigenvalue weighted by Gasteiger charge is 2.49. The van der Waals surface area contributed by atoms with Gasteiger partial charge < -0.3 is 15.0 Å². The van der Waals surface area contributed by atoms with E-state index in [1.165, 1.54) is 25.8 Å². The average Bonchev–Trinajstić information content (AvgIpc) is 2.83. The Morgan fingerprint density at radius 3 is 2.72 bits per heavy atom. The zero-order valence-electron chi connectivity index (χ0n) is 15.7. The van der Waals surface area contributed by atoms with Crippen LogP contribution in [0.5, 0.6) is 0 Å². The number of nitrogens with zero attached hydrogens (tertiary/aromatic N) is 1. The van der Waals surface area contributed by atoms with Gasteiger partial charge in [0.1, 0.15) is 5.60 Å². The number of amides is 1. The number of ether oxygens (including phenoxy) is 1. The van der Waals surface area contributed by atoms with E-state index < -0.39 is 5.60 Å². The Morgan fingerprint density at radius 2 is 2.00 bits per heavy atom. The predicted molar refractivity (Wildman–Crippen MR) is 97.1 cm³/mol. The number of piperidine rings is 1. The van der Waals surface area contributed by atoms with E-state index in [0.29, 0.717) is 23.7 Å². The van der Waals surface area contributed by atoms with E-state index in [0.717, 1.165) is 45.1 Å². The molecule has 1 saturated carbocycles. The highest BCUT2D eigenvalue weighted by Crippen LogP contribution is 2.43. The molecule has 1 atom stereocenters. The van der Waals surface area contributed by atoms with Gasteiger partial charge in [-0.2, -0.15) is 0 Å². The standard InChI is InChI=1S/C20H32N2O3/c1-15-9-4-7-13-22(15)14-8-12-21-18(23)17-16(2)19(24)25-20(17)10-5-3-6-11-20/h15H,3-14H2,1-2H3,(H,21,23). The first-order chi connectivity index (χ1) is 12.0. The van der Waals surface area contributed by atoms with Crippen LogP contribution in [0, 0.1) is 0 Å². The molecule has 3 rings (SSSR count). The Bertz CT molecular complexity index is 549. The Kier molecular flexibility index (Phi) is 5.82. The fraction of sp³-hybridized carbons (Fsp3) is 0.800. The molecule has 0 aromatic heterocycles. The number of carbonyl (C=O) groups is 2. The first-order valence-electron chi connectivity index (χ1n) is 10.0. The summed E-state index contributed by atoms with van der Waals surface area (Å²) in [5.74, 6) is -0.411. The van der Waals surface area contributed by atoms with Crippen molar-refractivity contribution in [1.82, 2.24) is 10.2 Å². The van der Waals surface area contributed by atoms with E-state index in [1.54, 1.807) is 6.92 Å². The zero-order chi connectivity index (χ0) is 17.9. The molecule has 1 N–H and O–H groups in total. The van der Waals surface area contributed by atoms with Crippen molar-refractivity contribution < 1.29 is 14.3 Å². The molecule has 5 nitrogen and oxygen atoms in total. The van der Waals surface area contributed by atoms with E-state index >= 15 is 0 Å². The maximum absolute atomic E-state index is 12.8. The first-order valence-corrected chi connectivity index (χ1v) is 10.0. The maximum Gasteiger partial charge on any atom is 0.335 e. The topological polar surface area (TPSA) is 58.6 Å². The number of hydrogen-bond donors (Lipinski definition) is 1. The Balaban J connectivity index is 1.53. The number of rotatable bonds is 5. The van der Waals surface area contributed by atoms with Crippen molar-refractivity contribution in [3.05, 3.63) is 11.1 Å². The number of hydrogen-bond acceptors (Lipinski definition) is 4. The molecule has 2 aliphatic heterocycles. The maximum atomic E-state index is 12.8. The Morgan fingerprint density at radius 1 is 1.24 bits per heavy atom. The van der Waals surface area contributed by atoms with Crippen molar-refractivity contribution >= 4 is 11.9 Å². The number of likely N-dealkylation sites (tertiary alicyclic amines) is 1. The SMILES string of the molecule is CC1=C(C(=O)NCCCN2CCCCC2C)C2(CCCCC2)OC1=O. The van der Waals surface area contributed by atoms with Gasteiger partial charge in [-0.3, -0.25) is 4.79 Å². The molecule has 140 valence electrons. The van der Waals surface area contributed by atoms with Crippen molar-refractivity contribution in [3.8, 4) is 0 Å². The summed E-state index contributed by atoms with van der Waals surface area (Å²) >= 11 is 0. The second kappa shape index (κ2) is 7.90. The molecule has 0 radical (unpaired) electrons. The summed E-state index contributed by atoms with van der Waals surface area (Å²) in [5, 5.41) is 3.05. The van der Waals surface area contributed by atoms with Crippen LogP contribution in [-0.2, 0) is 14.3 Å². The molecule has 2 heterocycles. The molecule has 0 aromatic carbocycles. The average molecular weight is 348 g/mol. The molecule has 1 saturated heterocycles. The van der Waals surface area contributed by atoms with Crippen molar-refractivity contribution in [2.75, 3.05) is 19.6 Å². The van der Waals surface area contributed by atoms with Gasteiger partial charge in [0.2, 0.25) is 0 Å². The second-order valence-electron chi connectivity index (χ2n) is 7.93. The minimum atomic E-state index is -0.648. The smallest absolute Gasteiger partial charge is 0.335 e. The van der Waals surface area contributed by atoms with Gasteiger partial charge in [-0.1, -0.05) is 12.8 Å². The van der Waals surface area contributed by atoms with Crippen LogP contribution in [0.15, 0.2) is 11.1 Å². The summed E-state index contributed by atoms with van der Waals surface area (Å²) in [4.78, 5) is 27.4. The lowest BCUT2D eigenvalue weighted by molar-refractivity contribution is -0.149. The fourth-order valence-corrected chi connectivity index (χ4v) is 4.66. The summed E-state index contributed by atoms with van der Waals surface area (Å²) in [6.45, 7) is 6.88. The summed E-state index contributed by atoms with van der Waals surface area (Å²) in [6, 6.07) is 0.653. The molecule has 25 heavy (non-hydrogen) atoms. The molecule has 1 aliphatic carbocycles. The molecule has 1 spiro atoms. The number of nitrogens with one attached hydrogen (secondary N) is 1. The van der Waals surface area contributed by atoms with Gasteiger partial charge in [-0.05, 0) is 65.3 Å². The van der Waals surface area contributed by atoms with Crippen LogP contribution in [0.3, 0.4) is 0 Å². The monoisotopic (exact) mass is 348 g/mol. The number of esters is 1. The van der Waals surface area contributed by atoms with Crippen molar-refractivity contribution in [3.63, 3.8) is 0 Å². The van der Waals surface area contributed by atoms with Crippen LogP contribution in [0.1, 0.15) is 71.6 Å². The minimum absolute atomic E-state index is 0.100. The van der Waals surface area contributed by atoms with Gasteiger partial charge in [0.05, 0.1) is 5.57 Å². The lowest BCUT2D eigenvalue weighted by atomic mass is 9.78. The summed E-state index contributed by atoms with van der Waals surface area (Å²) < 4.78 is 5.67. The van der Waals surface area contributed by atoms with E-state index in [-0.39, 0.29) is 11.9 Å². The van der Waals surface area contributed by atoms with Crippen LogP contribution in [0.4, 0.5) is 0 Å². The van der Waals surface area contributed by atoms with Crippen molar-refractivity contribution in [2.45, 2.75) is 83.3 Å². The highest BCUT2D eigenvalue weighted by atomic mass is 16.6. The molecule has 2 fully saturated rings. The second-order valence-corrected chi connectivity index (χ2v) is 7.93. The van der Waals surface area contributed by atoms with Gasteiger partial charge >= 0.3 is 5.97 Å². The van der Waals surface area contributed by atoms with Crippen LogP contribution in [-0.4, -0.2) is 48.1 Å². The quantitative estimate of drug-likeness (QED) is 0.613. The van der Waals surface area contributed by atoms with E-state index in [2.05, 4.69) is 17.1 Å². The van der Waals surface area contributed by atoms with Gasteiger partial charge in [0.25, 0.3) is 5.91 Å². The van der Waals surface area contributed by atoms with Crippen LogP contribution >= 0.6 is 0 Å². The van der Waals surface area contributed by atoms with Crippen LogP contribution < -0.4 is 5.32 Å². The van der Waals surface area contributed by atoms with Crippen LogP contribution in [0.2, 0.25) is 0 Å². The van der Waals surface area contributed by atoms with Gasteiger partial charge in [0.15, 0.2) is 0 Å².